The summed E-state index contributed by atoms with van der Waals surface area (Å²) in [6.45, 7) is 0.730. The van der Waals surface area contributed by atoms with Gasteiger partial charge in [-0.05, 0) is 12.1 Å². The van der Waals surface area contributed by atoms with E-state index >= 15 is 0 Å². The van der Waals surface area contributed by atoms with Crippen molar-refractivity contribution in [3.63, 3.8) is 0 Å². The Morgan fingerprint density at radius 2 is 2.18 bits per heavy atom. The first-order valence-electron chi connectivity index (χ1n) is 6.69. The summed E-state index contributed by atoms with van der Waals surface area (Å²) in [5.41, 5.74) is 6.07. The van der Waals surface area contributed by atoms with Gasteiger partial charge in [0.15, 0.2) is 11.6 Å². The smallest absolute Gasteiger partial charge is 0.250 e. The number of rotatable bonds is 4. The fraction of sp³-hybridized carbons (Fsp3) is 0.188. The summed E-state index contributed by atoms with van der Waals surface area (Å²) in [4.78, 5) is 11.1. The Balaban J connectivity index is 1.75. The standard InChI is InChI=1S/C16H13ClFNO3/c17-12-6-15(13(18)5-11(12)16(19)20)22-8-9-7-21-14-4-2-1-3-10(9)14/h1-6,9H,7-8H2,(H2,19,20)/t9-/m1/s1. The van der Waals surface area contributed by atoms with Gasteiger partial charge in [0.1, 0.15) is 5.75 Å². The minimum absolute atomic E-state index is 0.0145. The zero-order valence-corrected chi connectivity index (χ0v) is 12.3. The molecule has 2 aromatic rings. The van der Waals surface area contributed by atoms with E-state index in [-0.39, 0.29) is 28.9 Å². The van der Waals surface area contributed by atoms with Crippen LogP contribution in [0, 0.1) is 5.82 Å². The number of primary amides is 1. The Hall–Kier alpha value is -2.27. The lowest BCUT2D eigenvalue weighted by Gasteiger charge is -2.13. The number of benzene rings is 2. The molecular weight excluding hydrogens is 309 g/mol. The van der Waals surface area contributed by atoms with Crippen molar-refractivity contribution >= 4 is 17.5 Å². The van der Waals surface area contributed by atoms with Gasteiger partial charge >= 0.3 is 0 Å². The minimum Gasteiger partial charge on any atom is -0.493 e. The van der Waals surface area contributed by atoms with Gasteiger partial charge in [-0.15, -0.1) is 0 Å². The molecule has 114 valence electrons. The van der Waals surface area contributed by atoms with Crippen molar-refractivity contribution in [2.75, 3.05) is 13.2 Å². The molecule has 0 saturated carbocycles. The molecule has 2 N–H and O–H groups in total. The van der Waals surface area contributed by atoms with E-state index in [2.05, 4.69) is 0 Å². The molecule has 0 radical (unpaired) electrons. The summed E-state index contributed by atoms with van der Waals surface area (Å²) in [6.07, 6.45) is 0. The third-order valence-corrected chi connectivity index (χ3v) is 3.84. The highest BCUT2D eigenvalue weighted by atomic mass is 35.5. The molecule has 22 heavy (non-hydrogen) atoms. The molecule has 1 heterocycles. The lowest BCUT2D eigenvalue weighted by atomic mass is 10.0. The van der Waals surface area contributed by atoms with Crippen LogP contribution in [0.25, 0.3) is 0 Å². The average Bonchev–Trinajstić information content (AvgIpc) is 2.91. The second kappa shape index (κ2) is 5.85. The van der Waals surface area contributed by atoms with Gasteiger partial charge in [-0.1, -0.05) is 29.8 Å². The van der Waals surface area contributed by atoms with Gasteiger partial charge in [0.2, 0.25) is 5.91 Å². The minimum atomic E-state index is -0.784. The van der Waals surface area contributed by atoms with Crippen LogP contribution in [0.2, 0.25) is 5.02 Å². The van der Waals surface area contributed by atoms with Gasteiger partial charge in [-0.3, -0.25) is 4.79 Å². The fourth-order valence-electron chi connectivity index (χ4n) is 2.39. The first-order chi connectivity index (χ1) is 10.6. The maximum atomic E-state index is 13.9. The van der Waals surface area contributed by atoms with E-state index in [4.69, 9.17) is 26.8 Å². The Kier molecular flexibility index (Phi) is 3.90. The van der Waals surface area contributed by atoms with Crippen molar-refractivity contribution in [1.82, 2.24) is 0 Å². The largest absolute Gasteiger partial charge is 0.493 e. The summed E-state index contributed by atoms with van der Waals surface area (Å²) < 4.78 is 25.0. The van der Waals surface area contributed by atoms with Crippen LogP contribution < -0.4 is 15.2 Å². The van der Waals surface area contributed by atoms with Gasteiger partial charge in [-0.25, -0.2) is 4.39 Å². The fourth-order valence-corrected chi connectivity index (χ4v) is 2.63. The second-order valence-electron chi connectivity index (χ2n) is 4.98. The molecule has 1 amide bonds. The van der Waals surface area contributed by atoms with Crippen LogP contribution in [0.15, 0.2) is 36.4 Å². The lowest BCUT2D eigenvalue weighted by Crippen LogP contribution is -2.14. The van der Waals surface area contributed by atoms with E-state index in [1.54, 1.807) is 0 Å². The van der Waals surface area contributed by atoms with E-state index in [0.717, 1.165) is 17.4 Å². The van der Waals surface area contributed by atoms with Crippen LogP contribution in [0.3, 0.4) is 0 Å². The number of halogens is 2. The number of carbonyl (C=O) groups is 1. The number of amides is 1. The molecular formula is C16H13ClFNO3. The SMILES string of the molecule is NC(=O)c1cc(F)c(OC[C@H]2COc3ccccc32)cc1Cl. The summed E-state index contributed by atoms with van der Waals surface area (Å²) in [5.74, 6) is -0.637. The van der Waals surface area contributed by atoms with E-state index in [1.807, 2.05) is 24.3 Å². The number of hydrogen-bond donors (Lipinski definition) is 1. The summed E-state index contributed by atoms with van der Waals surface area (Å²) in [6, 6.07) is 9.89. The maximum Gasteiger partial charge on any atom is 0.250 e. The maximum absolute atomic E-state index is 13.9. The van der Waals surface area contributed by atoms with Gasteiger partial charge in [-0.2, -0.15) is 0 Å². The Morgan fingerprint density at radius 1 is 1.41 bits per heavy atom. The van der Waals surface area contributed by atoms with E-state index in [1.165, 1.54) is 6.07 Å². The number of ether oxygens (including phenoxy) is 2. The Morgan fingerprint density at radius 3 is 2.95 bits per heavy atom. The molecule has 0 spiro atoms. The Labute approximate surface area is 131 Å². The quantitative estimate of drug-likeness (QED) is 0.941. The highest BCUT2D eigenvalue weighted by molar-refractivity contribution is 6.33. The number of nitrogens with two attached hydrogens (primary N) is 1. The third-order valence-electron chi connectivity index (χ3n) is 3.53. The van der Waals surface area contributed by atoms with Crippen LogP contribution in [0.4, 0.5) is 4.39 Å². The monoisotopic (exact) mass is 321 g/mol. The predicted molar refractivity (Wildman–Crippen MR) is 80.1 cm³/mol. The van der Waals surface area contributed by atoms with Crippen molar-refractivity contribution < 1.29 is 18.7 Å². The van der Waals surface area contributed by atoms with Gasteiger partial charge < -0.3 is 15.2 Å². The van der Waals surface area contributed by atoms with Crippen LogP contribution in [0.5, 0.6) is 11.5 Å². The molecule has 0 saturated heterocycles. The van der Waals surface area contributed by atoms with Crippen molar-refractivity contribution in [3.05, 3.63) is 58.4 Å². The van der Waals surface area contributed by atoms with Crippen molar-refractivity contribution in [3.8, 4) is 11.5 Å². The lowest BCUT2D eigenvalue weighted by molar-refractivity contribution is 0.1000. The zero-order valence-electron chi connectivity index (χ0n) is 11.5. The van der Waals surface area contributed by atoms with Crippen LogP contribution >= 0.6 is 11.6 Å². The molecule has 0 aromatic heterocycles. The molecule has 1 aliphatic heterocycles. The van der Waals surface area contributed by atoms with Crippen molar-refractivity contribution in [2.24, 2.45) is 5.73 Å². The van der Waals surface area contributed by atoms with E-state index in [0.29, 0.717) is 6.61 Å². The average molecular weight is 322 g/mol. The van der Waals surface area contributed by atoms with Crippen molar-refractivity contribution in [2.45, 2.75) is 5.92 Å². The number of para-hydroxylation sites is 1. The first kappa shape index (κ1) is 14.7. The molecule has 1 atom stereocenters. The molecule has 0 bridgehead atoms. The van der Waals surface area contributed by atoms with Gasteiger partial charge in [0.05, 0.1) is 29.7 Å². The summed E-state index contributed by atoms with van der Waals surface area (Å²) in [7, 11) is 0. The molecule has 0 fully saturated rings. The second-order valence-corrected chi connectivity index (χ2v) is 5.39. The first-order valence-corrected chi connectivity index (χ1v) is 7.07. The molecule has 4 nitrogen and oxygen atoms in total. The van der Waals surface area contributed by atoms with Gasteiger partial charge in [0.25, 0.3) is 0 Å². The molecule has 0 unspecified atom stereocenters. The molecule has 0 aliphatic carbocycles. The zero-order chi connectivity index (χ0) is 15.7. The Bertz CT molecular complexity index is 735. The van der Waals surface area contributed by atoms with E-state index < -0.39 is 11.7 Å². The normalized spacial score (nSPS) is 16.0. The van der Waals surface area contributed by atoms with E-state index in [9.17, 15) is 9.18 Å². The summed E-state index contributed by atoms with van der Waals surface area (Å²) in [5, 5.41) is 0.0620. The third kappa shape index (κ3) is 2.72. The number of carbonyl (C=O) groups excluding carboxylic acids is 1. The van der Waals surface area contributed by atoms with Crippen LogP contribution in [0.1, 0.15) is 21.8 Å². The summed E-state index contributed by atoms with van der Waals surface area (Å²) >= 11 is 5.90. The van der Waals surface area contributed by atoms with Crippen molar-refractivity contribution in [1.29, 1.82) is 0 Å². The topological polar surface area (TPSA) is 61.6 Å². The predicted octanol–water partition coefficient (Wildman–Crippen LogP) is 3.13. The highest BCUT2D eigenvalue weighted by Crippen LogP contribution is 2.34. The number of fused-ring (bicyclic) bond motifs is 1. The van der Waals surface area contributed by atoms with Gasteiger partial charge in [0, 0.05) is 11.6 Å². The molecule has 1 aliphatic rings. The molecule has 2 aromatic carbocycles. The molecule has 6 heteroatoms. The van der Waals surface area contributed by atoms with Crippen LogP contribution in [-0.4, -0.2) is 19.1 Å². The molecule has 3 rings (SSSR count). The highest BCUT2D eigenvalue weighted by Gasteiger charge is 2.25. The van der Waals surface area contributed by atoms with Crippen LogP contribution in [-0.2, 0) is 0 Å². The number of hydrogen-bond acceptors (Lipinski definition) is 3.